The van der Waals surface area contributed by atoms with E-state index in [0.717, 1.165) is 71.4 Å². The van der Waals surface area contributed by atoms with E-state index in [9.17, 15) is 9.59 Å². The average Bonchev–Trinajstić information content (AvgIpc) is 2.80. The zero-order valence-electron chi connectivity index (χ0n) is 20.6. The molecule has 184 valence electrons. The summed E-state index contributed by atoms with van der Waals surface area (Å²) in [5.41, 5.74) is 0.829. The van der Waals surface area contributed by atoms with Crippen LogP contribution in [0.2, 0.25) is 0 Å². The van der Waals surface area contributed by atoms with Gasteiger partial charge in [0.2, 0.25) is 5.91 Å². The highest BCUT2D eigenvalue weighted by Gasteiger charge is 2.27. The number of benzene rings is 1. The van der Waals surface area contributed by atoms with Gasteiger partial charge in [-0.25, -0.2) is 4.79 Å². The number of alkyl carbamates (subject to hydrolysis) is 1. The Balaban J connectivity index is 1.23. The molecule has 2 aliphatic rings. The van der Waals surface area contributed by atoms with Gasteiger partial charge in [-0.2, -0.15) is 0 Å². The minimum atomic E-state index is -0.476. The highest BCUT2D eigenvalue weighted by molar-refractivity contribution is 5.78. The van der Waals surface area contributed by atoms with E-state index in [-0.39, 0.29) is 17.9 Å². The molecule has 0 atom stereocenters. The van der Waals surface area contributed by atoms with E-state index in [0.29, 0.717) is 12.5 Å². The lowest BCUT2D eigenvalue weighted by atomic mass is 9.81. The van der Waals surface area contributed by atoms with Crippen LogP contribution in [0.25, 0.3) is 0 Å². The Morgan fingerprint density at radius 2 is 1.64 bits per heavy atom. The standard InChI is InChI=1S/C26H42N4O3/c1-26(2,3)33-25(32)28-20-21-10-12-22(13-11-21)24(31)27-14-7-15-29-16-18-30(19-17-29)23-8-5-4-6-9-23/h4-6,8-9,21-22H,7,10-20H2,1-3H3,(H,27,31)(H,28,32). The first-order chi connectivity index (χ1) is 15.8. The van der Waals surface area contributed by atoms with Crippen LogP contribution in [0.4, 0.5) is 10.5 Å². The number of carbonyl (C=O) groups excluding carboxylic acids is 2. The number of para-hydroxylation sites is 1. The van der Waals surface area contributed by atoms with Crippen molar-refractivity contribution in [3.63, 3.8) is 0 Å². The third-order valence-corrected chi connectivity index (χ3v) is 6.60. The van der Waals surface area contributed by atoms with Crippen LogP contribution >= 0.6 is 0 Å². The highest BCUT2D eigenvalue weighted by atomic mass is 16.6. The molecule has 1 aromatic carbocycles. The van der Waals surface area contributed by atoms with E-state index < -0.39 is 5.60 Å². The van der Waals surface area contributed by atoms with Crippen molar-refractivity contribution in [3.05, 3.63) is 30.3 Å². The summed E-state index contributed by atoms with van der Waals surface area (Å²) in [4.78, 5) is 29.3. The molecular weight excluding hydrogens is 416 g/mol. The lowest BCUT2D eigenvalue weighted by molar-refractivity contribution is -0.126. The summed E-state index contributed by atoms with van der Waals surface area (Å²) in [6.07, 6.45) is 4.37. The van der Waals surface area contributed by atoms with Gasteiger partial charge in [0.15, 0.2) is 0 Å². The molecule has 7 nitrogen and oxygen atoms in total. The van der Waals surface area contributed by atoms with E-state index in [4.69, 9.17) is 4.74 Å². The first-order valence-corrected chi connectivity index (χ1v) is 12.6. The largest absolute Gasteiger partial charge is 0.444 e. The van der Waals surface area contributed by atoms with Crippen LogP contribution in [-0.2, 0) is 9.53 Å². The fourth-order valence-corrected chi connectivity index (χ4v) is 4.70. The maximum absolute atomic E-state index is 12.6. The fraction of sp³-hybridized carbons (Fsp3) is 0.692. The number of nitrogens with zero attached hydrogens (tertiary/aromatic N) is 2. The van der Waals surface area contributed by atoms with Crippen molar-refractivity contribution in [1.82, 2.24) is 15.5 Å². The Kier molecular flexibility index (Phi) is 9.41. The van der Waals surface area contributed by atoms with E-state index in [1.54, 1.807) is 0 Å². The molecular formula is C26H42N4O3. The fourth-order valence-electron chi connectivity index (χ4n) is 4.70. The number of carbonyl (C=O) groups is 2. The van der Waals surface area contributed by atoms with Gasteiger partial charge >= 0.3 is 6.09 Å². The molecule has 1 heterocycles. The number of piperazine rings is 1. The van der Waals surface area contributed by atoms with Crippen LogP contribution < -0.4 is 15.5 Å². The van der Waals surface area contributed by atoms with Gasteiger partial charge in [0.05, 0.1) is 0 Å². The quantitative estimate of drug-likeness (QED) is 0.582. The Hall–Kier alpha value is -2.28. The molecule has 3 rings (SSSR count). The Morgan fingerprint density at radius 1 is 0.970 bits per heavy atom. The minimum absolute atomic E-state index is 0.109. The topological polar surface area (TPSA) is 73.9 Å². The monoisotopic (exact) mass is 458 g/mol. The molecule has 0 radical (unpaired) electrons. The van der Waals surface area contributed by atoms with Gasteiger partial charge in [0.25, 0.3) is 0 Å². The van der Waals surface area contributed by atoms with Crippen molar-refractivity contribution in [2.45, 2.75) is 58.5 Å². The molecule has 0 spiro atoms. The first-order valence-electron chi connectivity index (χ1n) is 12.6. The molecule has 0 bridgehead atoms. The van der Waals surface area contributed by atoms with Crippen LogP contribution in [0.1, 0.15) is 52.9 Å². The lowest BCUT2D eigenvalue weighted by Crippen LogP contribution is -2.47. The van der Waals surface area contributed by atoms with E-state index in [2.05, 4.69) is 50.8 Å². The molecule has 0 aromatic heterocycles. The van der Waals surface area contributed by atoms with Crippen molar-refractivity contribution in [2.75, 3.05) is 50.7 Å². The van der Waals surface area contributed by atoms with Crippen LogP contribution in [0.15, 0.2) is 30.3 Å². The SMILES string of the molecule is CC(C)(C)OC(=O)NCC1CCC(C(=O)NCCCN2CCN(c3ccccc3)CC2)CC1. The maximum Gasteiger partial charge on any atom is 0.407 e. The third-order valence-electron chi connectivity index (χ3n) is 6.60. The summed E-state index contributed by atoms with van der Waals surface area (Å²) >= 11 is 0. The lowest BCUT2D eigenvalue weighted by Gasteiger charge is -2.36. The zero-order valence-corrected chi connectivity index (χ0v) is 20.6. The number of hydrogen-bond donors (Lipinski definition) is 2. The molecule has 33 heavy (non-hydrogen) atoms. The summed E-state index contributed by atoms with van der Waals surface area (Å²) in [6, 6.07) is 10.6. The van der Waals surface area contributed by atoms with Crippen LogP contribution in [-0.4, -0.2) is 68.3 Å². The number of rotatable bonds is 8. The van der Waals surface area contributed by atoms with Crippen molar-refractivity contribution >= 4 is 17.7 Å². The second-order valence-electron chi connectivity index (χ2n) is 10.4. The van der Waals surface area contributed by atoms with Crippen molar-refractivity contribution < 1.29 is 14.3 Å². The Morgan fingerprint density at radius 3 is 2.27 bits per heavy atom. The summed E-state index contributed by atoms with van der Waals surface area (Å²) in [5, 5.41) is 6.02. The van der Waals surface area contributed by atoms with Gasteiger partial charge in [0, 0.05) is 50.9 Å². The van der Waals surface area contributed by atoms with E-state index >= 15 is 0 Å². The minimum Gasteiger partial charge on any atom is -0.444 e. The van der Waals surface area contributed by atoms with Crippen molar-refractivity contribution in [3.8, 4) is 0 Å². The first kappa shape index (κ1) is 25.3. The second kappa shape index (κ2) is 12.3. The molecule has 1 aliphatic carbocycles. The van der Waals surface area contributed by atoms with Crippen molar-refractivity contribution in [2.24, 2.45) is 11.8 Å². The van der Waals surface area contributed by atoms with Crippen molar-refractivity contribution in [1.29, 1.82) is 0 Å². The molecule has 2 N–H and O–H groups in total. The predicted octanol–water partition coefficient (Wildman–Crippen LogP) is 3.65. The summed E-state index contributed by atoms with van der Waals surface area (Å²) in [5.74, 6) is 0.732. The highest BCUT2D eigenvalue weighted by Crippen LogP contribution is 2.28. The summed E-state index contributed by atoms with van der Waals surface area (Å²) in [6.45, 7) is 12.3. The maximum atomic E-state index is 12.6. The molecule has 0 unspecified atom stereocenters. The second-order valence-corrected chi connectivity index (χ2v) is 10.4. The molecule has 1 aromatic rings. The van der Waals surface area contributed by atoms with Crippen LogP contribution in [0.3, 0.4) is 0 Å². The zero-order chi connectivity index (χ0) is 23.7. The summed E-state index contributed by atoms with van der Waals surface area (Å²) < 4.78 is 5.29. The number of nitrogens with one attached hydrogen (secondary N) is 2. The van der Waals surface area contributed by atoms with Gasteiger partial charge < -0.3 is 20.3 Å². The smallest absolute Gasteiger partial charge is 0.407 e. The van der Waals surface area contributed by atoms with Gasteiger partial charge in [-0.3, -0.25) is 9.69 Å². The normalized spacial score (nSPS) is 22.0. The average molecular weight is 459 g/mol. The van der Waals surface area contributed by atoms with E-state index in [1.165, 1.54) is 5.69 Å². The van der Waals surface area contributed by atoms with Gasteiger partial charge in [-0.05, 0) is 77.5 Å². The summed E-state index contributed by atoms with van der Waals surface area (Å²) in [7, 11) is 0. The molecule has 1 aliphatic heterocycles. The number of hydrogen-bond acceptors (Lipinski definition) is 5. The Labute approximate surface area is 199 Å². The molecule has 2 amide bonds. The van der Waals surface area contributed by atoms with Crippen LogP contribution in [0.5, 0.6) is 0 Å². The third kappa shape index (κ3) is 8.88. The number of ether oxygens (including phenoxy) is 1. The molecule has 7 heteroatoms. The molecule has 1 saturated carbocycles. The predicted molar refractivity (Wildman–Crippen MR) is 132 cm³/mol. The molecule has 2 fully saturated rings. The van der Waals surface area contributed by atoms with Crippen LogP contribution in [0, 0.1) is 11.8 Å². The van der Waals surface area contributed by atoms with Gasteiger partial charge in [-0.1, -0.05) is 18.2 Å². The number of amides is 2. The van der Waals surface area contributed by atoms with Gasteiger partial charge in [-0.15, -0.1) is 0 Å². The molecule has 1 saturated heterocycles. The van der Waals surface area contributed by atoms with E-state index in [1.807, 2.05) is 20.8 Å². The Bertz CT molecular complexity index is 734. The number of anilines is 1. The van der Waals surface area contributed by atoms with Gasteiger partial charge in [0.1, 0.15) is 5.60 Å².